The summed E-state index contributed by atoms with van der Waals surface area (Å²) in [5.41, 5.74) is 4.73. The fraction of sp³-hybridized carbons (Fsp3) is 0.206. The Morgan fingerprint density at radius 2 is 1.56 bits per heavy atom. The summed E-state index contributed by atoms with van der Waals surface area (Å²) in [6, 6.07) is 22.9. The van der Waals surface area contributed by atoms with Gasteiger partial charge in [0.15, 0.2) is 11.5 Å². The highest BCUT2D eigenvalue weighted by atomic mass is 16.7. The van der Waals surface area contributed by atoms with E-state index in [0.29, 0.717) is 22.9 Å². The summed E-state index contributed by atoms with van der Waals surface area (Å²) in [5, 5.41) is 1.93. The minimum atomic E-state index is -0.918. The van der Waals surface area contributed by atoms with Gasteiger partial charge in [0.2, 0.25) is 18.6 Å². The maximum Gasteiger partial charge on any atom is 0.319 e. The minimum Gasteiger partial charge on any atom is -0.454 e. The lowest BCUT2D eigenvalue weighted by atomic mass is 9.64. The van der Waals surface area contributed by atoms with Crippen molar-refractivity contribution in [2.24, 2.45) is 17.8 Å². The van der Waals surface area contributed by atoms with E-state index in [1.807, 2.05) is 86.7 Å². The molecule has 1 fully saturated rings. The molecular weight excluding hydrogens is 518 g/mol. The molecule has 4 aromatic carbocycles. The van der Waals surface area contributed by atoms with E-state index in [2.05, 4.69) is 0 Å². The van der Waals surface area contributed by atoms with Crippen LogP contribution < -0.4 is 19.1 Å². The summed E-state index contributed by atoms with van der Waals surface area (Å²) in [5.74, 6) is -2.62. The van der Waals surface area contributed by atoms with Gasteiger partial charge in [0.05, 0.1) is 23.4 Å². The van der Waals surface area contributed by atoms with E-state index in [1.54, 1.807) is 6.07 Å². The molecule has 7 nitrogen and oxygen atoms in total. The molecule has 7 heteroatoms. The second kappa shape index (κ2) is 8.54. The maximum absolute atomic E-state index is 14.4. The number of carbonyl (C=O) groups is 3. The lowest BCUT2D eigenvalue weighted by molar-refractivity contribution is -0.142. The highest BCUT2D eigenvalue weighted by Gasteiger charge is 2.60. The second-order valence-electron chi connectivity index (χ2n) is 11.2. The molecule has 3 aliphatic heterocycles. The first kappa shape index (κ1) is 23.9. The number of imide groups is 1. The van der Waals surface area contributed by atoms with E-state index >= 15 is 0 Å². The minimum absolute atomic E-state index is 0.127. The number of fused-ring (bicyclic) bond motifs is 8. The van der Waals surface area contributed by atoms with Crippen LogP contribution in [0.5, 0.6) is 17.2 Å². The Balaban J connectivity index is 1.37. The van der Waals surface area contributed by atoms with Gasteiger partial charge >= 0.3 is 5.97 Å². The van der Waals surface area contributed by atoms with Gasteiger partial charge < -0.3 is 14.2 Å². The van der Waals surface area contributed by atoms with Crippen molar-refractivity contribution in [3.05, 3.63) is 101 Å². The zero-order valence-electron chi connectivity index (χ0n) is 22.4. The first-order valence-corrected chi connectivity index (χ1v) is 13.7. The number of ether oxygens (including phenoxy) is 3. The number of hydrogen-bond acceptors (Lipinski definition) is 6. The SMILES string of the molecule is Cc1ccc(N2C(=O)[C@@H]3[C@@H]4C(=O)Oc5ccc6ccccc6c5C4=C[C@H](c4ccc5c(c4)OCO5)[C@@H]3C2=O)c(C)c1. The Morgan fingerprint density at radius 1 is 0.780 bits per heavy atom. The number of nitrogens with zero attached hydrogens (tertiary/aromatic N) is 1. The zero-order valence-corrected chi connectivity index (χ0v) is 22.4. The van der Waals surface area contributed by atoms with Gasteiger partial charge in [-0.05, 0) is 65.6 Å². The second-order valence-corrected chi connectivity index (χ2v) is 11.2. The molecule has 1 saturated heterocycles. The molecule has 1 aliphatic carbocycles. The van der Waals surface area contributed by atoms with Crippen LogP contribution in [0.15, 0.2) is 78.9 Å². The molecule has 0 bridgehead atoms. The van der Waals surface area contributed by atoms with Crippen molar-refractivity contribution in [1.29, 1.82) is 0 Å². The van der Waals surface area contributed by atoms with Crippen LogP contribution in [0, 0.1) is 31.6 Å². The third-order valence-corrected chi connectivity index (χ3v) is 8.86. The summed E-state index contributed by atoms with van der Waals surface area (Å²) < 4.78 is 17.1. The first-order valence-electron chi connectivity index (χ1n) is 13.7. The van der Waals surface area contributed by atoms with E-state index < -0.39 is 29.6 Å². The van der Waals surface area contributed by atoms with Gasteiger partial charge in [0.25, 0.3) is 0 Å². The fourth-order valence-electron chi connectivity index (χ4n) is 7.07. The zero-order chi connectivity index (χ0) is 28.0. The van der Waals surface area contributed by atoms with Gasteiger partial charge in [-0.2, -0.15) is 0 Å². The summed E-state index contributed by atoms with van der Waals surface area (Å²) in [4.78, 5) is 43.6. The van der Waals surface area contributed by atoms with Gasteiger partial charge in [0.1, 0.15) is 5.75 Å². The monoisotopic (exact) mass is 543 g/mol. The third kappa shape index (κ3) is 3.35. The smallest absolute Gasteiger partial charge is 0.319 e. The molecule has 0 aromatic heterocycles. The van der Waals surface area contributed by atoms with Crippen LogP contribution in [0.2, 0.25) is 0 Å². The summed E-state index contributed by atoms with van der Waals surface area (Å²) in [6.45, 7) is 3.98. The number of rotatable bonds is 2. The first-order chi connectivity index (χ1) is 19.9. The molecule has 41 heavy (non-hydrogen) atoms. The number of allylic oxidation sites excluding steroid dienone is 1. The molecule has 0 spiro atoms. The van der Waals surface area contributed by atoms with Crippen LogP contribution >= 0.6 is 0 Å². The maximum atomic E-state index is 14.4. The normalized spacial score (nSPS) is 24.1. The molecule has 0 unspecified atom stereocenters. The highest BCUT2D eigenvalue weighted by molar-refractivity contribution is 6.25. The molecule has 8 rings (SSSR count). The van der Waals surface area contributed by atoms with Crippen molar-refractivity contribution >= 4 is 39.8 Å². The summed E-state index contributed by atoms with van der Waals surface area (Å²) >= 11 is 0. The van der Waals surface area contributed by atoms with Crippen LogP contribution in [-0.4, -0.2) is 24.6 Å². The van der Waals surface area contributed by atoms with Gasteiger partial charge in [-0.15, -0.1) is 0 Å². The molecule has 3 heterocycles. The van der Waals surface area contributed by atoms with E-state index in [0.717, 1.165) is 38.6 Å². The van der Waals surface area contributed by atoms with Crippen LogP contribution in [0.3, 0.4) is 0 Å². The lowest BCUT2D eigenvalue weighted by Crippen LogP contribution is -2.42. The highest BCUT2D eigenvalue weighted by Crippen LogP contribution is 2.56. The number of amides is 2. The predicted molar refractivity (Wildman–Crippen MR) is 152 cm³/mol. The van der Waals surface area contributed by atoms with E-state index in [4.69, 9.17) is 14.2 Å². The van der Waals surface area contributed by atoms with E-state index in [-0.39, 0.29) is 18.6 Å². The number of aryl methyl sites for hydroxylation is 2. The van der Waals surface area contributed by atoms with Crippen molar-refractivity contribution in [1.82, 2.24) is 0 Å². The van der Waals surface area contributed by atoms with Crippen LogP contribution in [0.1, 0.15) is 28.2 Å². The number of anilines is 1. The van der Waals surface area contributed by atoms with Crippen LogP contribution in [0.4, 0.5) is 5.69 Å². The average molecular weight is 544 g/mol. The Labute approximate surface area is 235 Å². The molecule has 0 saturated carbocycles. The Morgan fingerprint density at radius 3 is 2.41 bits per heavy atom. The van der Waals surface area contributed by atoms with Crippen molar-refractivity contribution in [3.63, 3.8) is 0 Å². The predicted octanol–water partition coefficient (Wildman–Crippen LogP) is 5.71. The number of carbonyl (C=O) groups excluding carboxylic acids is 3. The summed E-state index contributed by atoms with van der Waals surface area (Å²) in [6.07, 6.45) is 2.01. The number of benzene rings is 4. The van der Waals surface area contributed by atoms with Gasteiger partial charge in [-0.3, -0.25) is 14.4 Å². The number of hydrogen-bond donors (Lipinski definition) is 0. The van der Waals surface area contributed by atoms with Gasteiger partial charge in [-0.25, -0.2) is 4.90 Å². The number of esters is 1. The van der Waals surface area contributed by atoms with E-state index in [9.17, 15) is 14.4 Å². The molecule has 0 N–H and O–H groups in total. The van der Waals surface area contributed by atoms with Crippen molar-refractivity contribution in [3.8, 4) is 17.2 Å². The standard InChI is InChI=1S/C34H25NO6/c1-17-7-10-24(18(2)13-17)35-32(36)29-22(20-9-11-25-27(14-20)40-16-39-25)15-23-28-21-6-4-3-5-19(21)8-12-26(28)41-34(38)30(23)31(29)33(35)37/h3-15,22,29-31H,16H2,1-2H3/t22-,29+,30-,31+/m1/s1. The molecule has 2 amide bonds. The molecule has 4 aromatic rings. The van der Waals surface area contributed by atoms with Crippen molar-refractivity contribution in [2.75, 3.05) is 11.7 Å². The van der Waals surface area contributed by atoms with E-state index in [1.165, 1.54) is 4.90 Å². The largest absolute Gasteiger partial charge is 0.454 e. The molecule has 202 valence electrons. The Kier molecular flexibility index (Phi) is 4.99. The van der Waals surface area contributed by atoms with Crippen molar-refractivity contribution in [2.45, 2.75) is 19.8 Å². The van der Waals surface area contributed by atoms with Crippen LogP contribution in [-0.2, 0) is 14.4 Å². The Bertz CT molecular complexity index is 1870. The molecular formula is C34H25NO6. The molecule has 0 radical (unpaired) electrons. The third-order valence-electron chi connectivity index (χ3n) is 8.86. The molecule has 4 aliphatic rings. The fourth-order valence-corrected chi connectivity index (χ4v) is 7.07. The average Bonchev–Trinajstić information content (AvgIpc) is 3.54. The van der Waals surface area contributed by atoms with Gasteiger partial charge in [-0.1, -0.05) is 60.2 Å². The van der Waals surface area contributed by atoms with Crippen LogP contribution in [0.25, 0.3) is 16.3 Å². The Hall–Kier alpha value is -4.91. The van der Waals surface area contributed by atoms with Crippen molar-refractivity contribution < 1.29 is 28.6 Å². The topological polar surface area (TPSA) is 82.1 Å². The summed E-state index contributed by atoms with van der Waals surface area (Å²) in [7, 11) is 0. The molecule has 4 atom stereocenters. The van der Waals surface area contributed by atoms with Gasteiger partial charge in [0, 0.05) is 11.5 Å². The lowest BCUT2D eigenvalue weighted by Gasteiger charge is -2.38. The quantitative estimate of drug-likeness (QED) is 0.183.